The van der Waals surface area contributed by atoms with Gasteiger partial charge in [0.15, 0.2) is 0 Å². The summed E-state index contributed by atoms with van der Waals surface area (Å²) in [5.74, 6) is 0.354. The van der Waals surface area contributed by atoms with Gasteiger partial charge in [0.25, 0.3) is 5.91 Å². The van der Waals surface area contributed by atoms with Gasteiger partial charge in [-0.25, -0.2) is 0 Å². The Kier molecular flexibility index (Phi) is 5.00. The van der Waals surface area contributed by atoms with Crippen molar-refractivity contribution in [3.63, 3.8) is 0 Å². The second-order valence-electron chi connectivity index (χ2n) is 7.83. The topological polar surface area (TPSA) is 53.5 Å². The molecule has 2 aromatic rings. The molecule has 4 heterocycles. The molecule has 0 bridgehead atoms. The number of nitrogens with zero attached hydrogens (tertiary/aromatic N) is 3. The predicted octanol–water partition coefficient (Wildman–Crippen LogP) is 3.15. The highest BCUT2D eigenvalue weighted by Crippen LogP contribution is 2.41. The molecule has 2 aromatic heterocycles. The first kappa shape index (κ1) is 18.2. The zero-order chi connectivity index (χ0) is 18.9. The molecule has 0 unspecified atom stereocenters. The van der Waals surface area contributed by atoms with E-state index in [2.05, 4.69) is 4.98 Å². The number of aryl methyl sites for hydroxylation is 1. The van der Waals surface area contributed by atoms with E-state index in [1.165, 1.54) is 11.3 Å². The van der Waals surface area contributed by atoms with E-state index in [0.29, 0.717) is 6.42 Å². The van der Waals surface area contributed by atoms with Crippen molar-refractivity contribution >= 4 is 23.2 Å². The number of hydrogen-bond donors (Lipinski definition) is 0. The number of carbonyl (C=O) groups is 2. The average Bonchev–Trinajstić information content (AvgIpc) is 3.29. The Balaban J connectivity index is 1.33. The first-order chi connectivity index (χ1) is 13.1. The predicted molar refractivity (Wildman–Crippen MR) is 106 cm³/mol. The van der Waals surface area contributed by atoms with Crippen molar-refractivity contribution < 1.29 is 9.59 Å². The number of piperidine rings is 1. The van der Waals surface area contributed by atoms with Gasteiger partial charge >= 0.3 is 0 Å². The molecule has 0 radical (unpaired) electrons. The van der Waals surface area contributed by atoms with Crippen molar-refractivity contribution in [1.29, 1.82) is 0 Å². The number of pyridine rings is 1. The number of likely N-dealkylation sites (tertiary alicyclic amines) is 2. The quantitative estimate of drug-likeness (QED) is 0.818. The number of aromatic nitrogens is 1. The lowest BCUT2D eigenvalue weighted by atomic mass is 9.77. The largest absolute Gasteiger partial charge is 0.342 e. The van der Waals surface area contributed by atoms with Gasteiger partial charge < -0.3 is 9.80 Å². The molecule has 2 saturated heterocycles. The van der Waals surface area contributed by atoms with Crippen LogP contribution in [0, 0.1) is 12.3 Å². The first-order valence-electron chi connectivity index (χ1n) is 9.56. The lowest BCUT2D eigenvalue weighted by Gasteiger charge is -2.39. The van der Waals surface area contributed by atoms with Crippen LogP contribution in [0.3, 0.4) is 0 Å². The van der Waals surface area contributed by atoms with Gasteiger partial charge in [-0.2, -0.15) is 0 Å². The van der Waals surface area contributed by atoms with Crippen LogP contribution in [-0.4, -0.2) is 52.8 Å². The summed E-state index contributed by atoms with van der Waals surface area (Å²) in [5.41, 5.74) is 2.22. The van der Waals surface area contributed by atoms with Crippen molar-refractivity contribution in [2.24, 2.45) is 5.41 Å². The third-order valence-corrected chi connectivity index (χ3v) is 7.04. The molecule has 0 N–H and O–H groups in total. The molecule has 142 valence electrons. The minimum Gasteiger partial charge on any atom is -0.342 e. The van der Waals surface area contributed by atoms with Crippen LogP contribution in [0.1, 0.15) is 40.1 Å². The fourth-order valence-electron chi connectivity index (χ4n) is 4.27. The van der Waals surface area contributed by atoms with Gasteiger partial charge in [-0.3, -0.25) is 14.6 Å². The molecule has 0 saturated carbocycles. The second-order valence-corrected chi connectivity index (χ2v) is 8.74. The highest BCUT2D eigenvalue weighted by molar-refractivity contribution is 7.12. The van der Waals surface area contributed by atoms with Gasteiger partial charge in [-0.1, -0.05) is 6.07 Å². The summed E-state index contributed by atoms with van der Waals surface area (Å²) in [5, 5.41) is 1.99. The number of amides is 2. The van der Waals surface area contributed by atoms with Crippen molar-refractivity contribution in [3.05, 3.63) is 52.0 Å². The van der Waals surface area contributed by atoms with E-state index >= 15 is 0 Å². The van der Waals surface area contributed by atoms with Crippen LogP contribution in [0.5, 0.6) is 0 Å². The van der Waals surface area contributed by atoms with E-state index in [-0.39, 0.29) is 17.2 Å². The van der Waals surface area contributed by atoms with Crippen LogP contribution in [0.4, 0.5) is 0 Å². The molecule has 1 spiro atoms. The van der Waals surface area contributed by atoms with E-state index in [0.717, 1.165) is 61.4 Å². The molecule has 0 atom stereocenters. The molecule has 2 aliphatic rings. The number of hydrogen-bond acceptors (Lipinski definition) is 4. The van der Waals surface area contributed by atoms with Crippen LogP contribution < -0.4 is 0 Å². The average molecular weight is 384 g/mol. The van der Waals surface area contributed by atoms with Crippen LogP contribution in [0.25, 0.3) is 0 Å². The van der Waals surface area contributed by atoms with E-state index in [1.807, 2.05) is 40.3 Å². The third-order valence-electron chi connectivity index (χ3n) is 6.04. The van der Waals surface area contributed by atoms with Crippen molar-refractivity contribution in [2.45, 2.75) is 32.6 Å². The minimum atomic E-state index is 0.175. The normalized spacial score (nSPS) is 18.9. The molecular weight excluding hydrogens is 358 g/mol. The van der Waals surface area contributed by atoms with Gasteiger partial charge in [-0.05, 0) is 60.2 Å². The maximum atomic E-state index is 12.8. The molecule has 2 aliphatic heterocycles. The Labute approximate surface area is 164 Å². The summed E-state index contributed by atoms with van der Waals surface area (Å²) >= 11 is 1.54. The highest BCUT2D eigenvalue weighted by atomic mass is 32.1. The number of rotatable bonds is 3. The number of thiophene rings is 1. The van der Waals surface area contributed by atoms with Crippen molar-refractivity contribution in [2.75, 3.05) is 26.2 Å². The Bertz CT molecular complexity index is 825. The van der Waals surface area contributed by atoms with Crippen molar-refractivity contribution in [3.8, 4) is 0 Å². The summed E-state index contributed by atoms with van der Waals surface area (Å²) < 4.78 is 0. The maximum absolute atomic E-state index is 12.8. The Morgan fingerprint density at radius 3 is 2.52 bits per heavy atom. The molecule has 0 aliphatic carbocycles. The molecule has 2 amide bonds. The number of carbonyl (C=O) groups excluding carboxylic acids is 2. The van der Waals surface area contributed by atoms with E-state index in [9.17, 15) is 9.59 Å². The Morgan fingerprint density at radius 2 is 1.89 bits per heavy atom. The molecule has 6 heteroatoms. The van der Waals surface area contributed by atoms with Crippen LogP contribution in [-0.2, 0) is 11.2 Å². The third kappa shape index (κ3) is 3.76. The van der Waals surface area contributed by atoms with Crippen LogP contribution in [0.15, 0.2) is 36.0 Å². The zero-order valence-electron chi connectivity index (χ0n) is 15.7. The second kappa shape index (κ2) is 7.43. The summed E-state index contributed by atoms with van der Waals surface area (Å²) in [6.45, 7) is 5.24. The SMILES string of the molecule is Cc1ccsc1C(=O)N1CCC2(CCN(C(=O)Cc3cccnc3)CC2)C1. The Morgan fingerprint density at radius 1 is 1.15 bits per heavy atom. The molecule has 4 rings (SSSR count). The van der Waals surface area contributed by atoms with E-state index in [4.69, 9.17) is 0 Å². The fourth-order valence-corrected chi connectivity index (χ4v) is 5.16. The summed E-state index contributed by atoms with van der Waals surface area (Å²) in [6.07, 6.45) is 6.93. The molecule has 0 aromatic carbocycles. The summed E-state index contributed by atoms with van der Waals surface area (Å²) in [6, 6.07) is 5.83. The van der Waals surface area contributed by atoms with E-state index in [1.54, 1.807) is 12.4 Å². The van der Waals surface area contributed by atoms with Crippen LogP contribution in [0.2, 0.25) is 0 Å². The standard InChI is InChI=1S/C21H25N3O2S/c1-16-4-12-27-19(16)20(26)24-11-7-21(15-24)5-9-23(10-6-21)18(25)13-17-3-2-8-22-14-17/h2-4,8,12,14H,5-7,9-11,13,15H2,1H3. The van der Waals surface area contributed by atoms with Gasteiger partial charge in [-0.15, -0.1) is 11.3 Å². The summed E-state index contributed by atoms with van der Waals surface area (Å²) in [4.78, 5) is 34.3. The fraction of sp³-hybridized carbons (Fsp3) is 0.476. The monoisotopic (exact) mass is 383 g/mol. The van der Waals surface area contributed by atoms with Crippen molar-refractivity contribution in [1.82, 2.24) is 14.8 Å². The first-order valence-corrected chi connectivity index (χ1v) is 10.4. The molecule has 2 fully saturated rings. The lowest BCUT2D eigenvalue weighted by molar-refractivity contribution is -0.132. The van der Waals surface area contributed by atoms with Gasteiger partial charge in [0.05, 0.1) is 11.3 Å². The Hall–Kier alpha value is -2.21. The van der Waals surface area contributed by atoms with Gasteiger partial charge in [0.1, 0.15) is 0 Å². The molecular formula is C21H25N3O2S. The minimum absolute atomic E-state index is 0.175. The van der Waals surface area contributed by atoms with E-state index < -0.39 is 0 Å². The molecule has 5 nitrogen and oxygen atoms in total. The zero-order valence-corrected chi connectivity index (χ0v) is 16.5. The molecule has 27 heavy (non-hydrogen) atoms. The smallest absolute Gasteiger partial charge is 0.264 e. The summed E-state index contributed by atoms with van der Waals surface area (Å²) in [7, 11) is 0. The van der Waals surface area contributed by atoms with Gasteiger partial charge in [0.2, 0.25) is 5.91 Å². The van der Waals surface area contributed by atoms with Gasteiger partial charge in [0, 0.05) is 38.6 Å². The maximum Gasteiger partial charge on any atom is 0.264 e. The lowest BCUT2D eigenvalue weighted by Crippen LogP contribution is -2.45. The van der Waals surface area contributed by atoms with Crippen LogP contribution >= 0.6 is 11.3 Å². The highest BCUT2D eigenvalue weighted by Gasteiger charge is 2.43.